The van der Waals surface area contributed by atoms with E-state index in [1.165, 1.54) is 19.2 Å². The molecule has 0 saturated heterocycles. The second kappa shape index (κ2) is 8.86. The van der Waals surface area contributed by atoms with Crippen molar-refractivity contribution in [3.8, 4) is 17.1 Å². The van der Waals surface area contributed by atoms with Gasteiger partial charge < -0.3 is 13.9 Å². The number of rotatable bonds is 8. The van der Waals surface area contributed by atoms with Crippen LogP contribution < -0.4 is 10.4 Å². The van der Waals surface area contributed by atoms with Crippen LogP contribution in [0.4, 0.5) is 5.88 Å². The molecule has 0 N–H and O–H groups in total. The first-order valence-electron chi connectivity index (χ1n) is 8.71. The first-order chi connectivity index (χ1) is 14.4. The van der Waals surface area contributed by atoms with E-state index in [0.29, 0.717) is 11.3 Å². The average molecular weight is 415 g/mol. The molecule has 0 aliphatic heterocycles. The molecule has 0 unspecified atom stereocenters. The molecule has 0 spiro atoms. The molecule has 0 bridgehead atoms. The standard InChI is InChI=1S/C18H17N5O7/c1-3-29-16(24)11-21-18(25)22(19-10-14-8-9-15(30-14)23(26)27)17(20-21)12-4-6-13(28-2)7-5-12/h4-10H,3,11H2,1-2H3/b19-10+. The van der Waals surface area contributed by atoms with Gasteiger partial charge in [-0.1, -0.05) is 0 Å². The molecule has 3 rings (SSSR count). The molecule has 3 aromatic rings. The molecule has 12 nitrogen and oxygen atoms in total. The highest BCUT2D eigenvalue weighted by Gasteiger charge is 2.18. The van der Waals surface area contributed by atoms with Crippen LogP contribution in [0.2, 0.25) is 0 Å². The first kappa shape index (κ1) is 20.5. The van der Waals surface area contributed by atoms with Crippen molar-refractivity contribution in [1.82, 2.24) is 14.5 Å². The van der Waals surface area contributed by atoms with Crippen molar-refractivity contribution in [1.29, 1.82) is 0 Å². The molecule has 0 amide bonds. The zero-order valence-corrected chi connectivity index (χ0v) is 16.0. The molecule has 0 fully saturated rings. The summed E-state index contributed by atoms with van der Waals surface area (Å²) in [4.78, 5) is 34.6. The van der Waals surface area contributed by atoms with E-state index in [2.05, 4.69) is 10.2 Å². The third-order valence-electron chi connectivity index (χ3n) is 3.84. The number of ether oxygens (including phenoxy) is 2. The first-order valence-corrected chi connectivity index (χ1v) is 8.71. The Hall–Kier alpha value is -4.22. The van der Waals surface area contributed by atoms with Gasteiger partial charge in [0.15, 0.2) is 11.6 Å². The minimum atomic E-state index is -0.703. The summed E-state index contributed by atoms with van der Waals surface area (Å²) >= 11 is 0. The number of carbonyl (C=O) groups is 1. The van der Waals surface area contributed by atoms with Crippen molar-refractivity contribution in [3.63, 3.8) is 0 Å². The molecule has 30 heavy (non-hydrogen) atoms. The summed E-state index contributed by atoms with van der Waals surface area (Å²) in [6.45, 7) is 1.41. The van der Waals surface area contributed by atoms with E-state index in [0.717, 1.165) is 15.6 Å². The maximum atomic E-state index is 12.7. The Balaban J connectivity index is 2.02. The van der Waals surface area contributed by atoms with E-state index in [1.54, 1.807) is 31.2 Å². The fraction of sp³-hybridized carbons (Fsp3) is 0.222. The van der Waals surface area contributed by atoms with Gasteiger partial charge in [-0.3, -0.25) is 14.9 Å². The molecule has 12 heteroatoms. The Kier molecular flexibility index (Phi) is 6.05. The molecule has 0 radical (unpaired) electrons. The van der Waals surface area contributed by atoms with Crippen LogP contribution in [-0.4, -0.2) is 45.3 Å². The van der Waals surface area contributed by atoms with Crippen LogP contribution in [0.25, 0.3) is 11.4 Å². The van der Waals surface area contributed by atoms with E-state index in [-0.39, 0.29) is 18.2 Å². The lowest BCUT2D eigenvalue weighted by Crippen LogP contribution is -2.27. The largest absolute Gasteiger partial charge is 0.497 e. The van der Waals surface area contributed by atoms with E-state index < -0.39 is 29.0 Å². The van der Waals surface area contributed by atoms with Gasteiger partial charge in [-0.05, 0) is 37.3 Å². The topological polar surface area (TPSA) is 144 Å². The van der Waals surface area contributed by atoms with E-state index in [4.69, 9.17) is 13.9 Å². The highest BCUT2D eigenvalue weighted by Crippen LogP contribution is 2.20. The molecule has 156 valence electrons. The van der Waals surface area contributed by atoms with Gasteiger partial charge in [0.25, 0.3) is 0 Å². The highest BCUT2D eigenvalue weighted by atomic mass is 16.6. The Morgan fingerprint density at radius 2 is 2.03 bits per heavy atom. The van der Waals surface area contributed by atoms with Gasteiger partial charge in [-0.15, -0.1) is 5.10 Å². The third kappa shape index (κ3) is 4.43. The lowest BCUT2D eigenvalue weighted by Gasteiger charge is -2.02. The van der Waals surface area contributed by atoms with Crippen molar-refractivity contribution in [2.75, 3.05) is 13.7 Å². The van der Waals surface area contributed by atoms with Gasteiger partial charge >= 0.3 is 17.5 Å². The maximum Gasteiger partial charge on any atom is 0.433 e. The number of furan rings is 1. The van der Waals surface area contributed by atoms with Crippen LogP contribution in [0.1, 0.15) is 12.7 Å². The van der Waals surface area contributed by atoms with E-state index in [9.17, 15) is 19.7 Å². The lowest BCUT2D eigenvalue weighted by molar-refractivity contribution is -0.402. The normalized spacial score (nSPS) is 11.0. The van der Waals surface area contributed by atoms with Crippen LogP contribution in [0.3, 0.4) is 0 Å². The van der Waals surface area contributed by atoms with Crippen molar-refractivity contribution >= 4 is 18.1 Å². The monoisotopic (exact) mass is 415 g/mol. The minimum absolute atomic E-state index is 0.0624. The molecule has 0 aliphatic carbocycles. The second-order valence-corrected chi connectivity index (χ2v) is 5.79. The number of methoxy groups -OCH3 is 1. The number of hydrogen-bond acceptors (Lipinski definition) is 9. The Morgan fingerprint density at radius 3 is 2.63 bits per heavy atom. The summed E-state index contributed by atoms with van der Waals surface area (Å²) in [7, 11) is 1.52. The van der Waals surface area contributed by atoms with Gasteiger partial charge in [0, 0.05) is 5.56 Å². The van der Waals surface area contributed by atoms with Crippen LogP contribution in [0.15, 0.2) is 50.7 Å². The van der Waals surface area contributed by atoms with Crippen LogP contribution in [0, 0.1) is 10.1 Å². The summed E-state index contributed by atoms with van der Waals surface area (Å²) < 4.78 is 16.9. The number of esters is 1. The SMILES string of the molecule is CCOC(=O)Cn1nc(-c2ccc(OC)cc2)n(/N=C/c2ccc([N+](=O)[O-])o2)c1=O. The van der Waals surface area contributed by atoms with Crippen molar-refractivity contribution in [3.05, 3.63) is 62.8 Å². The molecule has 2 aromatic heterocycles. The summed E-state index contributed by atoms with van der Waals surface area (Å²) in [5, 5.41) is 19.0. The summed E-state index contributed by atoms with van der Waals surface area (Å²) in [6.07, 6.45) is 1.14. The third-order valence-corrected chi connectivity index (χ3v) is 3.84. The summed E-state index contributed by atoms with van der Waals surface area (Å²) in [5.41, 5.74) is -0.177. The average Bonchev–Trinajstić information content (AvgIpc) is 3.32. The zero-order valence-electron chi connectivity index (χ0n) is 16.0. The van der Waals surface area contributed by atoms with Gasteiger partial charge in [0.1, 0.15) is 17.2 Å². The van der Waals surface area contributed by atoms with Crippen LogP contribution in [0.5, 0.6) is 5.75 Å². The Bertz CT molecular complexity index is 1140. The van der Waals surface area contributed by atoms with Gasteiger partial charge in [-0.2, -0.15) is 14.5 Å². The number of aromatic nitrogens is 3. The Labute approximate surface area is 169 Å². The molecule has 0 atom stereocenters. The zero-order chi connectivity index (χ0) is 21.7. The minimum Gasteiger partial charge on any atom is -0.497 e. The van der Waals surface area contributed by atoms with Crippen molar-refractivity contribution < 1.29 is 23.6 Å². The Morgan fingerprint density at radius 1 is 1.30 bits per heavy atom. The maximum absolute atomic E-state index is 12.7. The number of hydrogen-bond donors (Lipinski definition) is 0. The van der Waals surface area contributed by atoms with Gasteiger partial charge in [0.05, 0.1) is 26.0 Å². The predicted molar refractivity (Wildman–Crippen MR) is 103 cm³/mol. The van der Waals surface area contributed by atoms with Crippen LogP contribution >= 0.6 is 0 Å². The van der Waals surface area contributed by atoms with Crippen LogP contribution in [-0.2, 0) is 16.1 Å². The molecular weight excluding hydrogens is 398 g/mol. The number of nitrogens with zero attached hydrogens (tertiary/aromatic N) is 5. The molecule has 1 aromatic carbocycles. The summed E-state index contributed by atoms with van der Waals surface area (Å²) in [6, 6.07) is 9.18. The van der Waals surface area contributed by atoms with E-state index in [1.807, 2.05) is 0 Å². The second-order valence-electron chi connectivity index (χ2n) is 5.79. The van der Waals surface area contributed by atoms with Gasteiger partial charge in [-0.25, -0.2) is 4.79 Å². The number of carbonyl (C=O) groups excluding carboxylic acids is 1. The number of nitro groups is 1. The smallest absolute Gasteiger partial charge is 0.433 e. The fourth-order valence-electron chi connectivity index (χ4n) is 2.48. The van der Waals surface area contributed by atoms with Crippen molar-refractivity contribution in [2.24, 2.45) is 5.10 Å². The fourth-order valence-corrected chi connectivity index (χ4v) is 2.48. The molecule has 0 aliphatic rings. The highest BCUT2D eigenvalue weighted by molar-refractivity contribution is 5.76. The molecular formula is C18H17N5O7. The lowest BCUT2D eigenvalue weighted by atomic mass is 10.2. The van der Waals surface area contributed by atoms with Crippen molar-refractivity contribution in [2.45, 2.75) is 13.5 Å². The number of benzene rings is 1. The predicted octanol–water partition coefficient (Wildman–Crippen LogP) is 1.67. The quantitative estimate of drug-likeness (QED) is 0.234. The van der Waals surface area contributed by atoms with Gasteiger partial charge in [0.2, 0.25) is 0 Å². The molecule has 0 saturated carbocycles. The van der Waals surface area contributed by atoms with E-state index >= 15 is 0 Å². The summed E-state index contributed by atoms with van der Waals surface area (Å²) in [5.74, 6) is -0.282. The molecule has 2 heterocycles.